The molecule has 23 heavy (non-hydrogen) atoms. The molecule has 4 nitrogen and oxygen atoms in total. The van der Waals surface area contributed by atoms with E-state index in [1.54, 1.807) is 48.5 Å². The minimum atomic E-state index is -0.247. The minimum absolute atomic E-state index is 0.137. The van der Waals surface area contributed by atoms with Gasteiger partial charge in [0, 0.05) is 5.02 Å². The van der Waals surface area contributed by atoms with Crippen molar-refractivity contribution >= 4 is 46.6 Å². The lowest BCUT2D eigenvalue weighted by atomic mass is 10.1. The number of anilines is 1. The highest BCUT2D eigenvalue weighted by Crippen LogP contribution is 2.28. The quantitative estimate of drug-likeness (QED) is 0.645. The van der Waals surface area contributed by atoms with Crippen LogP contribution in [0.2, 0.25) is 5.02 Å². The lowest BCUT2D eigenvalue weighted by Crippen LogP contribution is -2.30. The average Bonchev–Trinajstić information content (AvgIpc) is 2.74. The van der Waals surface area contributed by atoms with Crippen molar-refractivity contribution < 1.29 is 9.90 Å². The maximum absolute atomic E-state index is 12.7. The van der Waals surface area contributed by atoms with Crippen LogP contribution in [0, 0.1) is 6.92 Å². The number of nitrogens with zero attached hydrogens (tertiary/aromatic N) is 1. The molecule has 0 aliphatic carbocycles. The van der Waals surface area contributed by atoms with Crippen LogP contribution < -0.4 is 10.2 Å². The molecule has 1 amide bonds. The summed E-state index contributed by atoms with van der Waals surface area (Å²) in [6.07, 6.45) is 1.65. The summed E-state index contributed by atoms with van der Waals surface area (Å²) in [4.78, 5) is 14.1. The van der Waals surface area contributed by atoms with E-state index in [1.165, 1.54) is 4.90 Å². The number of nitrogens with one attached hydrogen (secondary N) is 1. The summed E-state index contributed by atoms with van der Waals surface area (Å²) < 4.78 is 0. The predicted octanol–water partition coefficient (Wildman–Crippen LogP) is 3.62. The number of benzene rings is 2. The highest BCUT2D eigenvalue weighted by Gasteiger charge is 2.32. The molecule has 0 spiro atoms. The third-order valence-electron chi connectivity index (χ3n) is 3.46. The molecular formula is C17H13ClN2O2S. The molecule has 6 heteroatoms. The Kier molecular flexibility index (Phi) is 4.07. The number of hydrogen-bond acceptors (Lipinski definition) is 3. The van der Waals surface area contributed by atoms with Crippen LogP contribution in [0.25, 0.3) is 6.08 Å². The molecule has 0 saturated carbocycles. The van der Waals surface area contributed by atoms with Gasteiger partial charge in [0.2, 0.25) is 0 Å². The van der Waals surface area contributed by atoms with Crippen molar-refractivity contribution in [2.75, 3.05) is 4.90 Å². The third-order valence-corrected chi connectivity index (χ3v) is 3.98. The fraction of sp³-hybridized carbons (Fsp3) is 0.0588. The number of halogens is 1. The number of aryl methyl sites for hydroxylation is 1. The van der Waals surface area contributed by atoms with E-state index in [0.717, 1.165) is 5.56 Å². The van der Waals surface area contributed by atoms with Crippen LogP contribution >= 0.6 is 23.8 Å². The largest absolute Gasteiger partial charge is 0.508 e. The van der Waals surface area contributed by atoms with Crippen LogP contribution in [0.4, 0.5) is 5.69 Å². The summed E-state index contributed by atoms with van der Waals surface area (Å²) in [5.41, 5.74) is 2.61. The van der Waals surface area contributed by atoms with Gasteiger partial charge in [-0.15, -0.1) is 0 Å². The molecule has 0 unspecified atom stereocenters. The Hall–Kier alpha value is -2.37. The molecule has 116 valence electrons. The van der Waals surface area contributed by atoms with E-state index in [-0.39, 0.29) is 11.7 Å². The summed E-state index contributed by atoms with van der Waals surface area (Å²) >= 11 is 11.2. The molecule has 0 bridgehead atoms. The smallest absolute Gasteiger partial charge is 0.281 e. The van der Waals surface area contributed by atoms with Gasteiger partial charge in [-0.3, -0.25) is 9.69 Å². The molecule has 3 rings (SSSR count). The highest BCUT2D eigenvalue weighted by atomic mass is 35.5. The first kappa shape index (κ1) is 15.5. The van der Waals surface area contributed by atoms with Gasteiger partial charge in [0.05, 0.1) is 5.69 Å². The van der Waals surface area contributed by atoms with E-state index in [9.17, 15) is 9.90 Å². The molecule has 1 aliphatic rings. The molecule has 0 atom stereocenters. The van der Waals surface area contributed by atoms with E-state index < -0.39 is 0 Å². The number of amides is 1. The van der Waals surface area contributed by atoms with E-state index in [1.807, 2.05) is 6.92 Å². The lowest BCUT2D eigenvalue weighted by molar-refractivity contribution is -0.113. The van der Waals surface area contributed by atoms with Crippen LogP contribution in [0.5, 0.6) is 5.75 Å². The van der Waals surface area contributed by atoms with Crippen LogP contribution in [0.15, 0.2) is 48.2 Å². The summed E-state index contributed by atoms with van der Waals surface area (Å²) in [6.45, 7) is 1.87. The molecule has 2 aromatic carbocycles. The monoisotopic (exact) mass is 344 g/mol. The topological polar surface area (TPSA) is 52.6 Å². The van der Waals surface area contributed by atoms with Gasteiger partial charge in [0.1, 0.15) is 11.4 Å². The van der Waals surface area contributed by atoms with Gasteiger partial charge in [-0.25, -0.2) is 0 Å². The first-order valence-corrected chi connectivity index (χ1v) is 7.66. The molecule has 1 saturated heterocycles. The Labute approximate surface area is 144 Å². The zero-order valence-electron chi connectivity index (χ0n) is 12.2. The maximum Gasteiger partial charge on any atom is 0.281 e. The Morgan fingerprint density at radius 2 is 2.04 bits per heavy atom. The van der Waals surface area contributed by atoms with Crippen LogP contribution in [0.3, 0.4) is 0 Å². The summed E-state index contributed by atoms with van der Waals surface area (Å²) in [5.74, 6) is -0.110. The first-order chi connectivity index (χ1) is 11.0. The molecule has 1 aliphatic heterocycles. The minimum Gasteiger partial charge on any atom is -0.508 e. The second kappa shape index (κ2) is 6.02. The molecule has 0 radical (unpaired) electrons. The van der Waals surface area contributed by atoms with Gasteiger partial charge in [0.25, 0.3) is 5.91 Å². The van der Waals surface area contributed by atoms with E-state index in [0.29, 0.717) is 27.1 Å². The predicted molar refractivity (Wildman–Crippen MR) is 95.5 cm³/mol. The fourth-order valence-electron chi connectivity index (χ4n) is 2.40. The number of hydrogen-bond donors (Lipinski definition) is 2. The van der Waals surface area contributed by atoms with Crippen molar-refractivity contribution in [1.29, 1.82) is 0 Å². The van der Waals surface area contributed by atoms with Gasteiger partial charge in [-0.1, -0.05) is 23.7 Å². The second-order valence-electron chi connectivity index (χ2n) is 5.15. The lowest BCUT2D eigenvalue weighted by Gasteiger charge is -2.16. The van der Waals surface area contributed by atoms with Gasteiger partial charge < -0.3 is 10.4 Å². The highest BCUT2D eigenvalue weighted by molar-refractivity contribution is 7.80. The van der Waals surface area contributed by atoms with Gasteiger partial charge in [-0.05, 0) is 66.7 Å². The fourth-order valence-corrected chi connectivity index (χ4v) is 2.92. The zero-order chi connectivity index (χ0) is 16.6. The molecule has 0 aromatic heterocycles. The average molecular weight is 345 g/mol. The van der Waals surface area contributed by atoms with Crippen molar-refractivity contribution in [1.82, 2.24) is 5.32 Å². The molecule has 1 heterocycles. The van der Waals surface area contributed by atoms with Crippen molar-refractivity contribution in [3.63, 3.8) is 0 Å². The van der Waals surface area contributed by atoms with E-state index in [4.69, 9.17) is 23.8 Å². The Bertz CT molecular complexity index is 848. The normalized spacial score (nSPS) is 16.1. The number of carbonyl (C=O) groups excluding carboxylic acids is 1. The van der Waals surface area contributed by atoms with Gasteiger partial charge in [-0.2, -0.15) is 0 Å². The van der Waals surface area contributed by atoms with Gasteiger partial charge >= 0.3 is 0 Å². The molecule has 2 aromatic rings. The number of thiocarbonyl (C=S) groups is 1. The van der Waals surface area contributed by atoms with E-state index >= 15 is 0 Å². The Morgan fingerprint density at radius 1 is 1.26 bits per heavy atom. The number of phenolic OH excluding ortho intramolecular Hbond substituents is 1. The molecule has 1 fully saturated rings. The van der Waals surface area contributed by atoms with Gasteiger partial charge in [0.15, 0.2) is 5.11 Å². The number of rotatable bonds is 2. The number of carbonyl (C=O) groups is 1. The third kappa shape index (κ3) is 3.06. The van der Waals surface area contributed by atoms with Crippen LogP contribution in [-0.4, -0.2) is 16.1 Å². The number of phenols is 1. The summed E-state index contributed by atoms with van der Waals surface area (Å²) in [6, 6.07) is 11.9. The van der Waals surface area contributed by atoms with Crippen molar-refractivity contribution in [3.8, 4) is 5.75 Å². The Morgan fingerprint density at radius 3 is 2.74 bits per heavy atom. The van der Waals surface area contributed by atoms with Crippen LogP contribution in [-0.2, 0) is 4.79 Å². The summed E-state index contributed by atoms with van der Waals surface area (Å²) in [5, 5.41) is 13.3. The molecule has 2 N–H and O–H groups in total. The molecular weight excluding hydrogens is 332 g/mol. The number of aromatic hydroxyl groups is 1. The maximum atomic E-state index is 12.7. The van der Waals surface area contributed by atoms with E-state index in [2.05, 4.69) is 5.32 Å². The van der Waals surface area contributed by atoms with Crippen LogP contribution in [0.1, 0.15) is 11.1 Å². The summed E-state index contributed by atoms with van der Waals surface area (Å²) in [7, 11) is 0. The second-order valence-corrected chi connectivity index (χ2v) is 5.98. The SMILES string of the molecule is Cc1cc(Cl)ccc1N1C(=O)/C(=C\c2cccc(O)c2)NC1=S. The van der Waals surface area contributed by atoms with Crippen molar-refractivity contribution in [2.24, 2.45) is 0 Å². The first-order valence-electron chi connectivity index (χ1n) is 6.88. The standard InChI is InChI=1S/C17H13ClN2O2S/c1-10-7-12(18)5-6-15(10)20-16(22)14(19-17(20)23)9-11-3-2-4-13(21)8-11/h2-9,21H,1H3,(H,19,23)/b14-9+. The zero-order valence-corrected chi connectivity index (χ0v) is 13.8. The Balaban J connectivity index is 1.97. The van der Waals surface area contributed by atoms with Crippen molar-refractivity contribution in [2.45, 2.75) is 6.92 Å². The van der Waals surface area contributed by atoms with Crippen molar-refractivity contribution in [3.05, 3.63) is 64.3 Å².